The van der Waals surface area contributed by atoms with Gasteiger partial charge in [0.15, 0.2) is 0 Å². The Kier molecular flexibility index (Phi) is 1.85. The first-order valence-electron chi connectivity index (χ1n) is 4.23. The van der Waals surface area contributed by atoms with E-state index in [-0.39, 0.29) is 6.04 Å². The molecule has 0 amide bonds. The van der Waals surface area contributed by atoms with E-state index in [9.17, 15) is 0 Å². The average Bonchev–Trinajstić information content (AvgIpc) is 2.28. The molecule has 0 saturated carbocycles. The van der Waals surface area contributed by atoms with E-state index in [4.69, 9.17) is 17.3 Å². The Labute approximate surface area is 77.5 Å². The molecule has 2 rings (SSSR count). The maximum Gasteiger partial charge on any atom is 0.0409 e. The second kappa shape index (κ2) is 2.75. The normalized spacial score (nSPS) is 27.2. The maximum absolute atomic E-state index is 5.94. The van der Waals surface area contributed by atoms with Gasteiger partial charge in [0.1, 0.15) is 0 Å². The summed E-state index contributed by atoms with van der Waals surface area (Å²) < 4.78 is 0. The molecule has 1 aromatic carbocycles. The number of rotatable bonds is 0. The first-order chi connectivity index (χ1) is 5.68. The lowest BCUT2D eigenvalue weighted by molar-refractivity contribution is 0.640. The van der Waals surface area contributed by atoms with E-state index in [1.165, 1.54) is 11.1 Å². The lowest BCUT2D eigenvalue weighted by atomic mass is 10.0. The lowest BCUT2D eigenvalue weighted by Gasteiger charge is -2.04. The maximum atomic E-state index is 5.94. The van der Waals surface area contributed by atoms with Gasteiger partial charge in [-0.25, -0.2) is 0 Å². The van der Waals surface area contributed by atoms with Crippen LogP contribution >= 0.6 is 11.6 Å². The lowest BCUT2D eigenvalue weighted by Crippen LogP contribution is -2.04. The van der Waals surface area contributed by atoms with Gasteiger partial charge in [0.25, 0.3) is 0 Å². The predicted octanol–water partition coefficient (Wildman–Crippen LogP) is 2.85. The molecule has 1 aliphatic rings. The van der Waals surface area contributed by atoms with E-state index in [1.807, 2.05) is 18.2 Å². The summed E-state index contributed by atoms with van der Waals surface area (Å²) in [7, 11) is 0. The van der Waals surface area contributed by atoms with Gasteiger partial charge in [0.05, 0.1) is 0 Å². The zero-order valence-corrected chi connectivity index (χ0v) is 7.81. The summed E-state index contributed by atoms with van der Waals surface area (Å²) in [6.45, 7) is 2.20. The Hall–Kier alpha value is -0.530. The topological polar surface area (TPSA) is 26.0 Å². The molecular weight excluding hydrogens is 170 g/mol. The molecule has 0 spiro atoms. The fourth-order valence-corrected chi connectivity index (χ4v) is 2.13. The number of hydrogen-bond donors (Lipinski definition) is 1. The van der Waals surface area contributed by atoms with Crippen molar-refractivity contribution < 1.29 is 0 Å². The first kappa shape index (κ1) is 8.09. The summed E-state index contributed by atoms with van der Waals surface area (Å²) in [5.74, 6) is 0.564. The van der Waals surface area contributed by atoms with Gasteiger partial charge in [-0.05, 0) is 35.6 Å². The number of fused-ring (bicyclic) bond motifs is 1. The van der Waals surface area contributed by atoms with Gasteiger partial charge in [0, 0.05) is 11.1 Å². The van der Waals surface area contributed by atoms with Gasteiger partial charge in [-0.15, -0.1) is 0 Å². The summed E-state index contributed by atoms with van der Waals surface area (Å²) in [6.07, 6.45) is 1.05. The zero-order chi connectivity index (χ0) is 8.72. The van der Waals surface area contributed by atoms with Crippen molar-refractivity contribution in [3.05, 3.63) is 34.3 Å². The molecule has 2 atom stereocenters. The second-order valence-electron chi connectivity index (χ2n) is 3.52. The Balaban J connectivity index is 2.53. The third-order valence-corrected chi connectivity index (χ3v) is 2.82. The summed E-state index contributed by atoms with van der Waals surface area (Å²) >= 11 is 5.90. The second-order valence-corrected chi connectivity index (χ2v) is 3.95. The van der Waals surface area contributed by atoms with Crippen LogP contribution in [0.1, 0.15) is 36.4 Å². The highest BCUT2D eigenvalue weighted by atomic mass is 35.5. The van der Waals surface area contributed by atoms with Crippen molar-refractivity contribution in [2.45, 2.75) is 25.3 Å². The smallest absolute Gasteiger partial charge is 0.0409 e. The largest absolute Gasteiger partial charge is 0.324 e. The molecule has 0 heterocycles. The van der Waals surface area contributed by atoms with E-state index in [0.29, 0.717) is 5.92 Å². The van der Waals surface area contributed by atoms with Crippen molar-refractivity contribution in [1.29, 1.82) is 0 Å². The molecular formula is C10H12ClN. The molecule has 0 aromatic heterocycles. The highest BCUT2D eigenvalue weighted by molar-refractivity contribution is 6.30. The Bertz CT molecular complexity index is 309. The third-order valence-electron chi connectivity index (χ3n) is 2.59. The molecule has 2 unspecified atom stereocenters. The van der Waals surface area contributed by atoms with Gasteiger partial charge in [-0.1, -0.05) is 24.6 Å². The molecule has 0 aliphatic heterocycles. The number of nitrogens with two attached hydrogens (primary N) is 1. The average molecular weight is 182 g/mol. The Morgan fingerprint density at radius 1 is 1.42 bits per heavy atom. The summed E-state index contributed by atoms with van der Waals surface area (Å²) in [5.41, 5.74) is 8.54. The van der Waals surface area contributed by atoms with Crippen molar-refractivity contribution >= 4 is 11.6 Å². The number of hydrogen-bond acceptors (Lipinski definition) is 1. The highest BCUT2D eigenvalue weighted by Gasteiger charge is 2.24. The van der Waals surface area contributed by atoms with Crippen LogP contribution in [0.15, 0.2) is 18.2 Å². The molecule has 1 nitrogen and oxygen atoms in total. The molecule has 64 valence electrons. The first-order valence-corrected chi connectivity index (χ1v) is 4.61. The van der Waals surface area contributed by atoms with E-state index < -0.39 is 0 Å². The van der Waals surface area contributed by atoms with Gasteiger partial charge in [0.2, 0.25) is 0 Å². The van der Waals surface area contributed by atoms with Crippen LogP contribution in [0.4, 0.5) is 0 Å². The van der Waals surface area contributed by atoms with Gasteiger partial charge < -0.3 is 5.73 Å². The van der Waals surface area contributed by atoms with Crippen molar-refractivity contribution in [1.82, 2.24) is 0 Å². The summed E-state index contributed by atoms with van der Waals surface area (Å²) in [6, 6.07) is 6.21. The Morgan fingerprint density at radius 2 is 2.17 bits per heavy atom. The SMILES string of the molecule is CC1CC(N)c2ccc(Cl)cc21. The highest BCUT2D eigenvalue weighted by Crippen LogP contribution is 2.39. The van der Waals surface area contributed by atoms with E-state index >= 15 is 0 Å². The molecule has 0 radical (unpaired) electrons. The fourth-order valence-electron chi connectivity index (χ4n) is 1.94. The van der Waals surface area contributed by atoms with Gasteiger partial charge in [-0.3, -0.25) is 0 Å². The molecule has 0 saturated heterocycles. The standard InChI is InChI=1S/C10H12ClN/c1-6-4-10(12)8-3-2-7(11)5-9(6)8/h2-3,5-6,10H,4,12H2,1H3. The molecule has 1 aromatic rings. The fraction of sp³-hybridized carbons (Fsp3) is 0.400. The minimum absolute atomic E-state index is 0.215. The third kappa shape index (κ3) is 1.13. The summed E-state index contributed by atoms with van der Waals surface area (Å²) in [5, 5.41) is 0.815. The molecule has 0 fully saturated rings. The van der Waals surface area contributed by atoms with Crippen molar-refractivity contribution in [2.75, 3.05) is 0 Å². The van der Waals surface area contributed by atoms with Crippen LogP contribution in [0.3, 0.4) is 0 Å². The van der Waals surface area contributed by atoms with Crippen molar-refractivity contribution in [3.63, 3.8) is 0 Å². The monoisotopic (exact) mass is 181 g/mol. The van der Waals surface area contributed by atoms with Crippen molar-refractivity contribution in [2.24, 2.45) is 5.73 Å². The van der Waals surface area contributed by atoms with Gasteiger partial charge >= 0.3 is 0 Å². The molecule has 2 heteroatoms. The zero-order valence-electron chi connectivity index (χ0n) is 7.05. The van der Waals surface area contributed by atoms with E-state index in [1.54, 1.807) is 0 Å². The molecule has 1 aliphatic carbocycles. The summed E-state index contributed by atoms with van der Waals surface area (Å²) in [4.78, 5) is 0. The van der Waals surface area contributed by atoms with Crippen LogP contribution in [-0.2, 0) is 0 Å². The van der Waals surface area contributed by atoms with Crippen LogP contribution in [0.25, 0.3) is 0 Å². The van der Waals surface area contributed by atoms with Crippen LogP contribution in [0.2, 0.25) is 5.02 Å². The van der Waals surface area contributed by atoms with Gasteiger partial charge in [-0.2, -0.15) is 0 Å². The van der Waals surface area contributed by atoms with Crippen LogP contribution < -0.4 is 5.73 Å². The molecule has 2 N–H and O–H groups in total. The van der Waals surface area contributed by atoms with Crippen molar-refractivity contribution in [3.8, 4) is 0 Å². The predicted molar refractivity (Wildman–Crippen MR) is 51.4 cm³/mol. The van der Waals surface area contributed by atoms with E-state index in [0.717, 1.165) is 11.4 Å². The minimum Gasteiger partial charge on any atom is -0.324 e. The van der Waals surface area contributed by atoms with Crippen LogP contribution in [0.5, 0.6) is 0 Å². The Morgan fingerprint density at radius 3 is 2.92 bits per heavy atom. The quantitative estimate of drug-likeness (QED) is 0.655. The van der Waals surface area contributed by atoms with Crippen LogP contribution in [0, 0.1) is 0 Å². The molecule has 12 heavy (non-hydrogen) atoms. The molecule has 0 bridgehead atoms. The minimum atomic E-state index is 0.215. The van der Waals surface area contributed by atoms with E-state index in [2.05, 4.69) is 6.92 Å². The number of halogens is 1. The number of benzene rings is 1. The van der Waals surface area contributed by atoms with Crippen LogP contribution in [-0.4, -0.2) is 0 Å².